The maximum absolute atomic E-state index is 13.1. The lowest BCUT2D eigenvalue weighted by Gasteiger charge is -2.35. The third kappa shape index (κ3) is 4.98. The smallest absolute Gasteiger partial charge is 0.353 e. The molecule has 4 rings (SSSR count). The molecule has 182 valence electrons. The first kappa shape index (κ1) is 23.9. The van der Waals surface area contributed by atoms with E-state index in [4.69, 9.17) is 0 Å². The number of alkyl halides is 3. The van der Waals surface area contributed by atoms with Gasteiger partial charge >= 0.3 is 6.18 Å². The van der Waals surface area contributed by atoms with Crippen molar-refractivity contribution in [3.05, 3.63) is 86.0 Å². The largest absolute Gasteiger partial charge is 0.416 e. The van der Waals surface area contributed by atoms with E-state index in [1.165, 1.54) is 36.1 Å². The molecule has 1 aliphatic heterocycles. The Morgan fingerprint density at radius 2 is 1.80 bits per heavy atom. The molecule has 13 heteroatoms. The number of nitrogens with zero attached hydrogens (tertiary/aromatic N) is 6. The highest BCUT2D eigenvalue weighted by molar-refractivity contribution is 5.92. The molecule has 3 heterocycles. The van der Waals surface area contributed by atoms with Gasteiger partial charge in [0.15, 0.2) is 5.69 Å². The highest BCUT2D eigenvalue weighted by Gasteiger charge is 2.31. The van der Waals surface area contributed by atoms with Crippen LogP contribution in [0.5, 0.6) is 0 Å². The van der Waals surface area contributed by atoms with Gasteiger partial charge in [-0.25, -0.2) is 9.67 Å². The Hall–Kier alpha value is -4.29. The Labute approximate surface area is 196 Å². The molecule has 0 aliphatic carbocycles. The van der Waals surface area contributed by atoms with Gasteiger partial charge in [0, 0.05) is 44.0 Å². The van der Waals surface area contributed by atoms with Crippen LogP contribution in [-0.4, -0.2) is 56.7 Å². The second-order valence-corrected chi connectivity index (χ2v) is 7.87. The van der Waals surface area contributed by atoms with Gasteiger partial charge in [-0.1, -0.05) is 6.07 Å². The summed E-state index contributed by atoms with van der Waals surface area (Å²) < 4.78 is 40.5. The molecule has 0 radical (unpaired) electrons. The van der Waals surface area contributed by atoms with Crippen LogP contribution in [0.25, 0.3) is 5.69 Å². The Bertz CT molecular complexity index is 1330. The summed E-state index contributed by atoms with van der Waals surface area (Å²) in [6, 6.07) is 8.48. The van der Waals surface area contributed by atoms with Crippen LogP contribution in [-0.2, 0) is 6.18 Å². The number of aryl methyl sites for hydroxylation is 1. The fourth-order valence-corrected chi connectivity index (χ4v) is 3.73. The average Bonchev–Trinajstić information content (AvgIpc) is 2.83. The minimum absolute atomic E-state index is 0.0699. The minimum Gasteiger partial charge on any atom is -0.353 e. The van der Waals surface area contributed by atoms with Gasteiger partial charge in [0.05, 0.1) is 16.2 Å². The normalized spacial score (nSPS) is 14.2. The predicted molar refractivity (Wildman–Crippen MR) is 119 cm³/mol. The van der Waals surface area contributed by atoms with Gasteiger partial charge in [-0.3, -0.25) is 19.7 Å². The second-order valence-electron chi connectivity index (χ2n) is 7.87. The molecule has 1 fully saturated rings. The van der Waals surface area contributed by atoms with E-state index in [9.17, 15) is 32.9 Å². The molecule has 3 aromatic rings. The summed E-state index contributed by atoms with van der Waals surface area (Å²) in [5.74, 6) is -0.116. The third-order valence-electron chi connectivity index (χ3n) is 5.56. The van der Waals surface area contributed by atoms with Crippen molar-refractivity contribution in [3.63, 3.8) is 0 Å². The van der Waals surface area contributed by atoms with Crippen molar-refractivity contribution in [1.29, 1.82) is 0 Å². The number of amides is 1. The van der Waals surface area contributed by atoms with Crippen LogP contribution in [0.2, 0.25) is 0 Å². The van der Waals surface area contributed by atoms with Gasteiger partial charge in [0.1, 0.15) is 12.0 Å². The van der Waals surface area contributed by atoms with Crippen molar-refractivity contribution < 1.29 is 22.9 Å². The molecule has 0 atom stereocenters. The summed E-state index contributed by atoms with van der Waals surface area (Å²) in [5.41, 5.74) is -1.69. The number of carbonyl (C=O) groups is 1. The van der Waals surface area contributed by atoms with Crippen LogP contribution in [0.1, 0.15) is 21.7 Å². The molecular weight excluding hydrogens is 469 g/mol. The summed E-state index contributed by atoms with van der Waals surface area (Å²) in [5, 5.41) is 14.9. The Morgan fingerprint density at radius 1 is 1.09 bits per heavy atom. The number of aromatic nitrogens is 3. The van der Waals surface area contributed by atoms with Crippen molar-refractivity contribution in [2.75, 3.05) is 31.1 Å². The van der Waals surface area contributed by atoms with Crippen molar-refractivity contribution in [2.45, 2.75) is 13.1 Å². The quantitative estimate of drug-likeness (QED) is 0.410. The minimum atomic E-state index is -4.56. The van der Waals surface area contributed by atoms with Crippen LogP contribution < -0.4 is 10.3 Å². The molecule has 0 N–H and O–H groups in total. The Kier molecular flexibility index (Phi) is 6.24. The Morgan fingerprint density at radius 3 is 2.40 bits per heavy atom. The number of piperazine rings is 1. The highest BCUT2D eigenvalue weighted by Crippen LogP contribution is 2.30. The first-order valence-corrected chi connectivity index (χ1v) is 10.5. The lowest BCUT2D eigenvalue weighted by molar-refractivity contribution is -0.385. The van der Waals surface area contributed by atoms with Crippen molar-refractivity contribution >= 4 is 17.4 Å². The number of rotatable bonds is 4. The van der Waals surface area contributed by atoms with E-state index in [0.717, 1.165) is 29.1 Å². The van der Waals surface area contributed by atoms with Gasteiger partial charge in [-0.15, -0.1) is 0 Å². The average molecular weight is 488 g/mol. The van der Waals surface area contributed by atoms with Gasteiger partial charge in [-0.2, -0.15) is 18.3 Å². The van der Waals surface area contributed by atoms with Gasteiger partial charge < -0.3 is 9.80 Å². The zero-order valence-electron chi connectivity index (χ0n) is 18.4. The molecule has 1 saturated heterocycles. The molecule has 2 aromatic heterocycles. The number of anilines is 1. The summed E-state index contributed by atoms with van der Waals surface area (Å²) in [7, 11) is 0. The van der Waals surface area contributed by atoms with E-state index < -0.39 is 33.7 Å². The van der Waals surface area contributed by atoms with Crippen LogP contribution in [0.4, 0.5) is 24.7 Å². The van der Waals surface area contributed by atoms with E-state index in [-0.39, 0.29) is 30.2 Å². The van der Waals surface area contributed by atoms with E-state index in [1.807, 2.05) is 4.90 Å². The topological polar surface area (TPSA) is 114 Å². The SMILES string of the molecule is Cc1cc(=O)c(C(=O)N2CCN(c3ccc([N+](=O)[O-])cn3)CC2)nn1-c1cccc(C(F)(F)F)c1. The first-order chi connectivity index (χ1) is 16.5. The van der Waals surface area contributed by atoms with E-state index >= 15 is 0 Å². The second kappa shape index (κ2) is 9.16. The number of pyridine rings is 1. The molecule has 1 aliphatic rings. The molecule has 0 spiro atoms. The van der Waals surface area contributed by atoms with Crippen LogP contribution >= 0.6 is 0 Å². The van der Waals surface area contributed by atoms with Gasteiger partial charge in [-0.05, 0) is 31.2 Å². The highest BCUT2D eigenvalue weighted by atomic mass is 19.4. The zero-order chi connectivity index (χ0) is 25.3. The molecule has 1 aromatic carbocycles. The van der Waals surface area contributed by atoms with Gasteiger partial charge in [0.2, 0.25) is 5.43 Å². The number of hydrogen-bond acceptors (Lipinski definition) is 7. The first-order valence-electron chi connectivity index (χ1n) is 10.5. The zero-order valence-corrected chi connectivity index (χ0v) is 18.4. The molecule has 0 bridgehead atoms. The fourth-order valence-electron chi connectivity index (χ4n) is 3.73. The van der Waals surface area contributed by atoms with Crippen LogP contribution in [0.3, 0.4) is 0 Å². The maximum atomic E-state index is 13.1. The van der Waals surface area contributed by atoms with E-state index in [2.05, 4.69) is 10.1 Å². The third-order valence-corrected chi connectivity index (χ3v) is 5.56. The molecule has 0 unspecified atom stereocenters. The number of hydrogen-bond donors (Lipinski definition) is 0. The fraction of sp³-hybridized carbons (Fsp3) is 0.273. The van der Waals surface area contributed by atoms with Crippen molar-refractivity contribution in [2.24, 2.45) is 0 Å². The molecule has 10 nitrogen and oxygen atoms in total. The molecular formula is C22H19F3N6O4. The van der Waals surface area contributed by atoms with Crippen molar-refractivity contribution in [1.82, 2.24) is 19.7 Å². The number of halogens is 3. The predicted octanol–water partition coefficient (Wildman–Crippen LogP) is 2.83. The maximum Gasteiger partial charge on any atom is 0.416 e. The Balaban J connectivity index is 1.54. The molecule has 1 amide bonds. The summed E-state index contributed by atoms with van der Waals surface area (Å²) >= 11 is 0. The number of benzene rings is 1. The number of nitro groups is 1. The summed E-state index contributed by atoms with van der Waals surface area (Å²) in [4.78, 5) is 43.2. The monoisotopic (exact) mass is 488 g/mol. The summed E-state index contributed by atoms with van der Waals surface area (Å²) in [6.45, 7) is 2.71. The van der Waals surface area contributed by atoms with Gasteiger partial charge in [0.25, 0.3) is 11.6 Å². The van der Waals surface area contributed by atoms with E-state index in [0.29, 0.717) is 18.9 Å². The van der Waals surface area contributed by atoms with Crippen LogP contribution in [0, 0.1) is 17.0 Å². The lowest BCUT2D eigenvalue weighted by atomic mass is 10.2. The lowest BCUT2D eigenvalue weighted by Crippen LogP contribution is -2.50. The van der Waals surface area contributed by atoms with Crippen molar-refractivity contribution in [3.8, 4) is 5.69 Å². The van der Waals surface area contributed by atoms with Crippen LogP contribution in [0.15, 0.2) is 53.5 Å². The number of carbonyl (C=O) groups excluding carboxylic acids is 1. The molecule has 35 heavy (non-hydrogen) atoms. The molecule has 0 saturated carbocycles. The standard InChI is InChI=1S/C22H19F3N6O4/c1-14-11-18(32)20(27-30(14)16-4-2-3-15(12-16)22(23,24)25)21(33)29-9-7-28(8-10-29)19-6-5-17(13-26-19)31(34)35/h2-6,11-13H,7-10H2,1H3. The summed E-state index contributed by atoms with van der Waals surface area (Å²) in [6.07, 6.45) is -3.40. The van der Waals surface area contributed by atoms with E-state index in [1.54, 1.807) is 0 Å².